The number of hydrogen-bond acceptors (Lipinski definition) is 1. The molecule has 0 rings (SSSR count). The van der Waals surface area contributed by atoms with E-state index < -0.39 is 24.8 Å². The number of rotatable bonds is 4. The minimum atomic E-state index is -2.50. The minimum absolute atomic E-state index is 0.240. The van der Waals surface area contributed by atoms with Crippen LogP contribution in [-0.4, -0.2) is 12.6 Å². The predicted molar refractivity (Wildman–Crippen MR) is 33.5 cm³/mol. The molecule has 0 radical (unpaired) electrons. The number of halogens is 6. The van der Waals surface area contributed by atoms with E-state index in [9.17, 15) is 26.3 Å². The normalized spacial score (nSPS) is 14.6. The first-order chi connectivity index (χ1) is 5.91. The van der Waals surface area contributed by atoms with Crippen LogP contribution < -0.4 is 5.32 Å². The molecule has 1 nitrogen and oxygen atoms in total. The highest BCUT2D eigenvalue weighted by atomic mass is 19.3. The van der Waals surface area contributed by atoms with Crippen LogP contribution in [0.3, 0.4) is 0 Å². The Balaban J connectivity index is 3.99. The molecule has 0 aromatic heterocycles. The van der Waals surface area contributed by atoms with Gasteiger partial charge in [-0.05, 0) is 0 Å². The maximum absolute atomic E-state index is 12.2. The van der Waals surface area contributed by atoms with E-state index in [4.69, 9.17) is 0 Å². The third kappa shape index (κ3) is 7.38. The molecule has 0 aromatic rings. The van der Waals surface area contributed by atoms with Gasteiger partial charge in [0.05, 0.1) is 0 Å². The first-order valence-corrected chi connectivity index (χ1v) is 3.01. The van der Waals surface area contributed by atoms with Gasteiger partial charge < -0.3 is 0 Å². The summed E-state index contributed by atoms with van der Waals surface area (Å²) < 4.78 is 69.5. The molecule has 0 aromatic carbocycles. The second-order valence-electron chi connectivity index (χ2n) is 1.88. The molecule has 0 saturated heterocycles. The van der Waals surface area contributed by atoms with Crippen LogP contribution in [-0.2, 0) is 0 Å². The van der Waals surface area contributed by atoms with Gasteiger partial charge in [0.1, 0.15) is 0 Å². The van der Waals surface area contributed by atoms with Crippen molar-refractivity contribution in [3.63, 3.8) is 0 Å². The molecular formula is C6H5F6N. The van der Waals surface area contributed by atoms with E-state index in [1.165, 1.54) is 5.32 Å². The third-order valence-corrected chi connectivity index (χ3v) is 0.863. The Bertz CT molecular complexity index is 183. The van der Waals surface area contributed by atoms with Gasteiger partial charge in [-0.2, -0.15) is 17.6 Å². The van der Waals surface area contributed by atoms with Crippen molar-refractivity contribution in [3.8, 4) is 0 Å². The van der Waals surface area contributed by atoms with E-state index in [2.05, 4.69) is 0 Å². The lowest BCUT2D eigenvalue weighted by molar-refractivity contribution is 0.223. The average Bonchev–Trinajstić information content (AvgIpc) is 1.80. The molecule has 0 spiro atoms. The van der Waals surface area contributed by atoms with Crippen molar-refractivity contribution >= 4 is 0 Å². The molecule has 0 aliphatic carbocycles. The number of alkyl halides is 2. The van der Waals surface area contributed by atoms with Crippen LogP contribution in [0.25, 0.3) is 0 Å². The summed E-state index contributed by atoms with van der Waals surface area (Å²) in [5.41, 5.74) is 0. The topological polar surface area (TPSA) is 12.0 Å². The summed E-state index contributed by atoms with van der Waals surface area (Å²) in [5, 5.41) is 1.20. The highest BCUT2D eigenvalue weighted by Gasteiger charge is 2.11. The van der Waals surface area contributed by atoms with Crippen molar-refractivity contribution in [2.75, 3.05) is 0 Å². The largest absolute Gasteiger partial charge is 0.270 e. The van der Waals surface area contributed by atoms with E-state index in [0.29, 0.717) is 0 Å². The lowest BCUT2D eigenvalue weighted by Crippen LogP contribution is -2.30. The predicted octanol–water partition coefficient (Wildman–Crippen LogP) is 2.73. The summed E-state index contributed by atoms with van der Waals surface area (Å²) in [6.07, 6.45) is -10.2. The monoisotopic (exact) mass is 205 g/mol. The van der Waals surface area contributed by atoms with Crippen LogP contribution in [0.2, 0.25) is 0 Å². The van der Waals surface area contributed by atoms with Gasteiger partial charge in [-0.1, -0.05) is 0 Å². The molecular weight excluding hydrogens is 200 g/mol. The maximum atomic E-state index is 12.2. The van der Waals surface area contributed by atoms with E-state index in [0.717, 1.165) is 0 Å². The Morgan fingerprint density at radius 1 is 0.846 bits per heavy atom. The third-order valence-electron chi connectivity index (χ3n) is 0.863. The van der Waals surface area contributed by atoms with Crippen molar-refractivity contribution in [2.24, 2.45) is 0 Å². The molecule has 0 aliphatic heterocycles. The smallest absolute Gasteiger partial charge is 0.251 e. The molecule has 13 heavy (non-hydrogen) atoms. The van der Waals surface area contributed by atoms with Gasteiger partial charge in [0, 0.05) is 12.2 Å². The van der Waals surface area contributed by atoms with Gasteiger partial charge in [-0.15, -0.1) is 0 Å². The average molecular weight is 205 g/mol. The maximum Gasteiger partial charge on any atom is 0.270 e. The standard InChI is InChI=1S/C6H5F6N/c7-3(8)1-5(11)13-6(12)2-4(9)10/h1-2,5-6,13H. The van der Waals surface area contributed by atoms with Gasteiger partial charge in [0.25, 0.3) is 12.2 Å². The molecule has 0 heterocycles. The van der Waals surface area contributed by atoms with Crippen molar-refractivity contribution in [1.82, 2.24) is 5.32 Å². The van der Waals surface area contributed by atoms with Gasteiger partial charge in [-0.3, -0.25) is 5.32 Å². The van der Waals surface area contributed by atoms with Crippen LogP contribution >= 0.6 is 0 Å². The Labute approximate surface area is 69.7 Å². The zero-order chi connectivity index (χ0) is 10.4. The van der Waals surface area contributed by atoms with Crippen molar-refractivity contribution < 1.29 is 26.3 Å². The molecule has 0 fully saturated rings. The van der Waals surface area contributed by atoms with E-state index in [-0.39, 0.29) is 12.2 Å². The molecule has 1 N–H and O–H groups in total. The zero-order valence-electron chi connectivity index (χ0n) is 6.08. The Kier molecular flexibility index (Phi) is 5.20. The molecule has 2 atom stereocenters. The minimum Gasteiger partial charge on any atom is -0.251 e. The van der Waals surface area contributed by atoms with Gasteiger partial charge in [0.2, 0.25) is 0 Å². The Hall–Kier alpha value is -0.980. The quantitative estimate of drug-likeness (QED) is 0.549. The van der Waals surface area contributed by atoms with Gasteiger partial charge in [0.15, 0.2) is 12.6 Å². The highest BCUT2D eigenvalue weighted by Crippen LogP contribution is 2.05. The lowest BCUT2D eigenvalue weighted by Gasteiger charge is -2.06. The fourth-order valence-corrected chi connectivity index (χ4v) is 0.470. The molecule has 0 bridgehead atoms. The first-order valence-electron chi connectivity index (χ1n) is 3.01. The zero-order valence-corrected chi connectivity index (χ0v) is 6.08. The molecule has 0 saturated carbocycles. The van der Waals surface area contributed by atoms with Crippen molar-refractivity contribution in [1.29, 1.82) is 0 Å². The van der Waals surface area contributed by atoms with Crippen molar-refractivity contribution in [2.45, 2.75) is 12.6 Å². The van der Waals surface area contributed by atoms with Crippen LogP contribution in [0, 0.1) is 0 Å². The number of hydrogen-bond donors (Lipinski definition) is 1. The second-order valence-corrected chi connectivity index (χ2v) is 1.88. The van der Waals surface area contributed by atoms with E-state index in [1.807, 2.05) is 0 Å². The summed E-state index contributed by atoms with van der Waals surface area (Å²) in [4.78, 5) is 0. The summed E-state index contributed by atoms with van der Waals surface area (Å²) in [6, 6.07) is 0. The summed E-state index contributed by atoms with van der Waals surface area (Å²) in [5.74, 6) is 0. The summed E-state index contributed by atoms with van der Waals surface area (Å²) in [6.45, 7) is 0. The van der Waals surface area contributed by atoms with Crippen molar-refractivity contribution in [3.05, 3.63) is 24.3 Å². The van der Waals surface area contributed by atoms with Crippen LogP contribution in [0.5, 0.6) is 0 Å². The lowest BCUT2D eigenvalue weighted by atomic mass is 10.5. The fraction of sp³-hybridized carbons (Fsp3) is 0.333. The Morgan fingerprint density at radius 2 is 1.15 bits per heavy atom. The molecule has 0 aliphatic rings. The molecule has 2 unspecified atom stereocenters. The summed E-state index contributed by atoms with van der Waals surface area (Å²) >= 11 is 0. The van der Waals surface area contributed by atoms with Gasteiger partial charge in [-0.25, -0.2) is 8.78 Å². The second kappa shape index (κ2) is 5.63. The molecule has 0 amide bonds. The highest BCUT2D eigenvalue weighted by molar-refractivity contribution is 4.92. The van der Waals surface area contributed by atoms with Gasteiger partial charge >= 0.3 is 0 Å². The van der Waals surface area contributed by atoms with Crippen LogP contribution in [0.4, 0.5) is 26.3 Å². The van der Waals surface area contributed by atoms with Crippen LogP contribution in [0.15, 0.2) is 24.3 Å². The van der Waals surface area contributed by atoms with E-state index in [1.54, 1.807) is 0 Å². The first kappa shape index (κ1) is 12.0. The van der Waals surface area contributed by atoms with Crippen LogP contribution in [0.1, 0.15) is 0 Å². The number of nitrogens with one attached hydrogen (secondary N) is 1. The fourth-order valence-electron chi connectivity index (χ4n) is 0.470. The van der Waals surface area contributed by atoms with E-state index >= 15 is 0 Å². The molecule has 76 valence electrons. The summed E-state index contributed by atoms with van der Waals surface area (Å²) in [7, 11) is 0. The Morgan fingerprint density at radius 3 is 1.38 bits per heavy atom. The molecule has 7 heteroatoms. The SMILES string of the molecule is FC(F)=CC(F)NC(F)C=C(F)F.